The maximum atomic E-state index is 14.3. The average molecular weight is 465 g/mol. The third-order valence-electron chi connectivity index (χ3n) is 5.26. The van der Waals surface area contributed by atoms with E-state index in [1.54, 1.807) is 0 Å². The van der Waals surface area contributed by atoms with Gasteiger partial charge >= 0.3 is 12.1 Å². The number of anilines is 1. The zero-order chi connectivity index (χ0) is 24.1. The van der Waals surface area contributed by atoms with E-state index in [9.17, 15) is 37.1 Å². The monoisotopic (exact) mass is 465 g/mol. The summed E-state index contributed by atoms with van der Waals surface area (Å²) < 4.78 is 54.0. The van der Waals surface area contributed by atoms with Crippen molar-refractivity contribution in [2.75, 3.05) is 11.9 Å². The number of hydrogen-bond donors (Lipinski definition) is 4. The fraction of sp³-hybridized carbons (Fsp3) is 0.190. The van der Waals surface area contributed by atoms with Gasteiger partial charge in [-0.05, 0) is 29.8 Å². The Hall–Kier alpha value is -4.09. The number of benzene rings is 2. The van der Waals surface area contributed by atoms with Crippen molar-refractivity contribution in [1.29, 1.82) is 0 Å². The molecule has 0 spiro atoms. The third kappa shape index (κ3) is 3.95. The normalized spacial score (nSPS) is 15.2. The molecule has 0 aliphatic carbocycles. The zero-order valence-corrected chi connectivity index (χ0v) is 16.5. The molecule has 1 aliphatic heterocycles. The van der Waals surface area contributed by atoms with Crippen molar-refractivity contribution in [2.45, 2.75) is 18.8 Å². The van der Waals surface area contributed by atoms with Crippen molar-refractivity contribution in [3.8, 4) is 5.75 Å². The minimum absolute atomic E-state index is 0.0889. The number of nitrogens with zero attached hydrogens (tertiary/aromatic N) is 1. The van der Waals surface area contributed by atoms with Gasteiger partial charge in [0.05, 0.1) is 29.4 Å². The highest BCUT2D eigenvalue weighted by molar-refractivity contribution is 6.05. The molecule has 33 heavy (non-hydrogen) atoms. The Morgan fingerprint density at radius 1 is 1.18 bits per heavy atom. The van der Waals surface area contributed by atoms with Crippen LogP contribution in [0.5, 0.6) is 5.75 Å². The van der Waals surface area contributed by atoms with Gasteiger partial charge in [0.2, 0.25) is 0 Å². The first-order valence-electron chi connectivity index (χ1n) is 9.50. The lowest BCUT2D eigenvalue weighted by Crippen LogP contribution is -2.38. The number of carbonyl (C=O) groups is 2. The van der Waals surface area contributed by atoms with Crippen molar-refractivity contribution in [3.63, 3.8) is 0 Å². The number of pyridine rings is 1. The molecule has 8 nitrogen and oxygen atoms in total. The van der Waals surface area contributed by atoms with Crippen LogP contribution in [0.25, 0.3) is 10.9 Å². The molecule has 1 unspecified atom stereocenters. The van der Waals surface area contributed by atoms with Gasteiger partial charge in [-0.2, -0.15) is 13.2 Å². The number of alkyl halides is 3. The fourth-order valence-electron chi connectivity index (χ4n) is 3.79. The van der Waals surface area contributed by atoms with Crippen LogP contribution in [0, 0.1) is 5.82 Å². The predicted molar refractivity (Wildman–Crippen MR) is 108 cm³/mol. The van der Waals surface area contributed by atoms with Crippen LogP contribution in [-0.4, -0.2) is 33.2 Å². The van der Waals surface area contributed by atoms with Crippen LogP contribution in [-0.2, 0) is 17.5 Å². The molecule has 4 rings (SSSR count). The van der Waals surface area contributed by atoms with E-state index in [1.807, 2.05) is 5.32 Å². The second-order valence-electron chi connectivity index (χ2n) is 7.38. The molecule has 0 radical (unpaired) electrons. The van der Waals surface area contributed by atoms with E-state index in [0.29, 0.717) is 5.56 Å². The van der Waals surface area contributed by atoms with Crippen molar-refractivity contribution in [2.24, 2.45) is 0 Å². The molecule has 12 heteroatoms. The molecule has 0 bridgehead atoms. The van der Waals surface area contributed by atoms with Gasteiger partial charge < -0.3 is 25.4 Å². The van der Waals surface area contributed by atoms with Crippen molar-refractivity contribution in [1.82, 2.24) is 9.88 Å². The quantitative estimate of drug-likeness (QED) is 0.440. The van der Waals surface area contributed by atoms with Gasteiger partial charge in [0, 0.05) is 5.39 Å². The van der Waals surface area contributed by atoms with Crippen molar-refractivity contribution in [3.05, 3.63) is 69.3 Å². The summed E-state index contributed by atoms with van der Waals surface area (Å²) in [7, 11) is 0. The highest BCUT2D eigenvalue weighted by Gasteiger charge is 2.32. The second-order valence-corrected chi connectivity index (χ2v) is 7.38. The summed E-state index contributed by atoms with van der Waals surface area (Å²) in [4.78, 5) is 36.2. The Morgan fingerprint density at radius 2 is 1.85 bits per heavy atom. The summed E-state index contributed by atoms with van der Waals surface area (Å²) in [6.45, 7) is -0.974. The molecule has 1 aromatic heterocycles. The highest BCUT2D eigenvalue weighted by Crippen LogP contribution is 2.38. The number of carbonyl (C=O) groups excluding carboxylic acids is 1. The Labute approximate surface area is 182 Å². The van der Waals surface area contributed by atoms with Gasteiger partial charge in [0.15, 0.2) is 0 Å². The third-order valence-corrected chi connectivity index (χ3v) is 5.26. The molecule has 1 aliphatic rings. The average Bonchev–Trinajstić information content (AvgIpc) is 2.74. The summed E-state index contributed by atoms with van der Waals surface area (Å²) in [5.74, 6) is -4.17. The fourth-order valence-corrected chi connectivity index (χ4v) is 3.79. The molecule has 3 aromatic rings. The first-order valence-corrected chi connectivity index (χ1v) is 9.50. The molecule has 2 heterocycles. The van der Waals surface area contributed by atoms with Gasteiger partial charge in [-0.15, -0.1) is 0 Å². The van der Waals surface area contributed by atoms with E-state index in [2.05, 4.69) is 5.32 Å². The number of nitrogens with one attached hydrogen (secondary N) is 2. The summed E-state index contributed by atoms with van der Waals surface area (Å²) in [6, 6.07) is 5.39. The van der Waals surface area contributed by atoms with Crippen LogP contribution in [0.1, 0.15) is 27.5 Å². The lowest BCUT2D eigenvalue weighted by atomic mass is 9.99. The van der Waals surface area contributed by atoms with E-state index in [-0.39, 0.29) is 23.1 Å². The zero-order valence-electron chi connectivity index (χ0n) is 16.5. The van der Waals surface area contributed by atoms with Crippen LogP contribution in [0.15, 0.2) is 41.2 Å². The van der Waals surface area contributed by atoms with Crippen LogP contribution < -0.4 is 16.2 Å². The van der Waals surface area contributed by atoms with E-state index < -0.39 is 58.9 Å². The Morgan fingerprint density at radius 3 is 2.45 bits per heavy atom. The number of carboxylic acids is 1. The molecule has 1 atom stereocenters. The highest BCUT2D eigenvalue weighted by atomic mass is 19.4. The van der Waals surface area contributed by atoms with Crippen LogP contribution in [0.3, 0.4) is 0 Å². The number of aromatic nitrogens is 1. The van der Waals surface area contributed by atoms with E-state index in [4.69, 9.17) is 5.11 Å². The number of hydrogen-bond acceptors (Lipinski definition) is 5. The minimum atomic E-state index is -4.54. The smallest absolute Gasteiger partial charge is 0.416 e. The van der Waals surface area contributed by atoms with Crippen molar-refractivity contribution >= 4 is 28.5 Å². The first kappa shape index (κ1) is 22.1. The maximum Gasteiger partial charge on any atom is 0.416 e. The van der Waals surface area contributed by atoms with Gasteiger partial charge in [-0.3, -0.25) is 14.4 Å². The maximum absolute atomic E-state index is 14.3. The van der Waals surface area contributed by atoms with Gasteiger partial charge in [-0.1, -0.05) is 12.1 Å². The Bertz CT molecular complexity index is 1350. The molecular formula is C21H15F4N3O5. The standard InChI is InChI=1S/C21H15F4N3O5/c22-11-5-12-17-13(6-11)27-14(9-1-3-10(4-2-9)21(23,24)25)8-28(17)20(33)16(18(12)31)19(32)26-7-15(29)30/h1-6,14,27,31H,7-8H2,(H,26,32)(H,29,30). The number of aliphatic carboxylic acids is 1. The largest absolute Gasteiger partial charge is 0.506 e. The Balaban J connectivity index is 1.83. The molecule has 4 N–H and O–H groups in total. The van der Waals surface area contributed by atoms with Crippen LogP contribution in [0.4, 0.5) is 23.2 Å². The minimum Gasteiger partial charge on any atom is -0.506 e. The van der Waals surface area contributed by atoms with E-state index >= 15 is 0 Å². The number of carboxylic acid groups (broad SMARTS) is 1. The molecule has 0 saturated heterocycles. The first-order chi connectivity index (χ1) is 15.5. The molecule has 172 valence electrons. The molecule has 2 aromatic carbocycles. The summed E-state index contributed by atoms with van der Waals surface area (Å²) in [6.07, 6.45) is -4.54. The van der Waals surface area contributed by atoms with Gasteiger partial charge in [0.1, 0.15) is 23.7 Å². The molecule has 1 amide bonds. The number of amides is 1. The molecule has 0 fully saturated rings. The van der Waals surface area contributed by atoms with E-state index in [1.165, 1.54) is 12.1 Å². The van der Waals surface area contributed by atoms with E-state index in [0.717, 1.165) is 28.8 Å². The number of rotatable bonds is 4. The van der Waals surface area contributed by atoms with Crippen LogP contribution >= 0.6 is 0 Å². The second kappa shape index (κ2) is 7.80. The molecule has 0 saturated carbocycles. The summed E-state index contributed by atoms with van der Waals surface area (Å²) >= 11 is 0. The SMILES string of the molecule is O=C(O)CNC(=O)c1c(O)c2cc(F)cc3c2n(c1=O)CC(c1ccc(C(F)(F)F)cc1)N3. The summed E-state index contributed by atoms with van der Waals surface area (Å²) in [5.41, 5.74) is -2.05. The van der Waals surface area contributed by atoms with Crippen LogP contribution in [0.2, 0.25) is 0 Å². The topological polar surface area (TPSA) is 121 Å². The van der Waals surface area contributed by atoms with Gasteiger partial charge in [-0.25, -0.2) is 4.39 Å². The summed E-state index contributed by atoms with van der Waals surface area (Å²) in [5, 5.41) is 24.0. The number of halogens is 4. The lowest BCUT2D eigenvalue weighted by molar-refractivity contribution is -0.138. The van der Waals surface area contributed by atoms with Gasteiger partial charge in [0.25, 0.3) is 11.5 Å². The molecular weight excluding hydrogens is 450 g/mol. The van der Waals surface area contributed by atoms with Crippen molar-refractivity contribution < 1.29 is 37.4 Å². The predicted octanol–water partition coefficient (Wildman–Crippen LogP) is 2.85. The lowest BCUT2D eigenvalue weighted by Gasteiger charge is -2.30. The Kier molecular flexibility index (Phi) is 5.23. The number of aromatic hydroxyl groups is 1.